The predicted molar refractivity (Wildman–Crippen MR) is 71.0 cm³/mol. The Hall–Kier alpha value is -1.92. The maximum absolute atomic E-state index is 11.6. The van der Waals surface area contributed by atoms with Gasteiger partial charge in [-0.15, -0.1) is 0 Å². The average molecular weight is 283 g/mol. The number of rotatable bonds is 8. The minimum Gasteiger partial charge on any atom is -0.481 e. The molecule has 0 saturated heterocycles. The van der Waals surface area contributed by atoms with Gasteiger partial charge < -0.3 is 14.9 Å². The highest BCUT2D eigenvalue weighted by molar-refractivity contribution is 5.78. The molecular weight excluding hydrogens is 262 g/mol. The first-order valence-electron chi connectivity index (χ1n) is 6.66. The van der Waals surface area contributed by atoms with Gasteiger partial charge in [-0.2, -0.15) is 4.98 Å². The molecule has 0 aromatic carbocycles. The largest absolute Gasteiger partial charge is 0.481 e. The van der Waals surface area contributed by atoms with Crippen molar-refractivity contribution in [1.82, 2.24) is 15.5 Å². The Morgan fingerprint density at radius 1 is 1.35 bits per heavy atom. The van der Waals surface area contributed by atoms with E-state index in [1.807, 2.05) is 6.92 Å². The van der Waals surface area contributed by atoms with E-state index in [0.717, 1.165) is 12.8 Å². The number of hydrogen-bond donors (Lipinski definition) is 2. The number of aryl methyl sites for hydroxylation is 2. The first kappa shape index (κ1) is 16.1. The summed E-state index contributed by atoms with van der Waals surface area (Å²) in [4.78, 5) is 26.7. The highest BCUT2D eigenvalue weighted by atomic mass is 16.5. The van der Waals surface area contributed by atoms with Crippen LogP contribution in [0, 0.1) is 5.41 Å². The van der Waals surface area contributed by atoms with E-state index in [-0.39, 0.29) is 18.9 Å². The third-order valence-electron chi connectivity index (χ3n) is 2.86. The molecule has 0 aliphatic carbocycles. The standard InChI is InChI=1S/C13H21N3O4/c1-4-5-9-15-11(20-16-9)7-6-10(17)14-8-13(2,3)12(18)19/h4-8H2,1-3H3,(H,14,17)(H,18,19). The van der Waals surface area contributed by atoms with Gasteiger partial charge in [-0.05, 0) is 20.3 Å². The van der Waals surface area contributed by atoms with Gasteiger partial charge in [-0.1, -0.05) is 12.1 Å². The van der Waals surface area contributed by atoms with E-state index in [0.29, 0.717) is 18.1 Å². The molecule has 0 saturated carbocycles. The quantitative estimate of drug-likeness (QED) is 0.742. The number of aromatic nitrogens is 2. The number of carbonyl (C=O) groups excluding carboxylic acids is 1. The third kappa shape index (κ3) is 4.99. The number of nitrogens with one attached hydrogen (secondary N) is 1. The Morgan fingerprint density at radius 2 is 2.05 bits per heavy atom. The number of carboxylic acid groups (broad SMARTS) is 1. The van der Waals surface area contributed by atoms with Crippen LogP contribution in [0.2, 0.25) is 0 Å². The van der Waals surface area contributed by atoms with E-state index in [1.54, 1.807) is 13.8 Å². The topological polar surface area (TPSA) is 105 Å². The van der Waals surface area contributed by atoms with E-state index < -0.39 is 11.4 Å². The van der Waals surface area contributed by atoms with Crippen molar-refractivity contribution in [3.63, 3.8) is 0 Å². The summed E-state index contributed by atoms with van der Waals surface area (Å²) >= 11 is 0. The molecule has 0 unspecified atom stereocenters. The van der Waals surface area contributed by atoms with E-state index in [2.05, 4.69) is 15.5 Å². The zero-order valence-corrected chi connectivity index (χ0v) is 12.1. The second-order valence-corrected chi connectivity index (χ2v) is 5.32. The lowest BCUT2D eigenvalue weighted by atomic mass is 9.94. The van der Waals surface area contributed by atoms with Crippen molar-refractivity contribution in [2.45, 2.75) is 46.5 Å². The van der Waals surface area contributed by atoms with Crippen LogP contribution in [-0.4, -0.2) is 33.7 Å². The van der Waals surface area contributed by atoms with E-state index >= 15 is 0 Å². The predicted octanol–water partition coefficient (Wildman–Crippen LogP) is 1.18. The molecule has 7 nitrogen and oxygen atoms in total. The zero-order valence-electron chi connectivity index (χ0n) is 12.1. The SMILES string of the molecule is CCCc1noc(CCC(=O)NCC(C)(C)C(=O)O)n1. The summed E-state index contributed by atoms with van der Waals surface area (Å²) in [6, 6.07) is 0. The fraction of sp³-hybridized carbons (Fsp3) is 0.692. The Kier molecular flexibility index (Phi) is 5.66. The number of amides is 1. The molecular formula is C13H21N3O4. The Bertz CT molecular complexity index is 468. The highest BCUT2D eigenvalue weighted by Crippen LogP contribution is 2.13. The van der Waals surface area contributed by atoms with Gasteiger partial charge in [-0.25, -0.2) is 0 Å². The summed E-state index contributed by atoms with van der Waals surface area (Å²) < 4.78 is 5.02. The van der Waals surface area contributed by atoms with Crippen LogP contribution in [0.1, 0.15) is 45.3 Å². The van der Waals surface area contributed by atoms with Crippen LogP contribution in [0.4, 0.5) is 0 Å². The number of aliphatic carboxylic acids is 1. The molecule has 1 rings (SSSR count). The molecule has 1 heterocycles. The van der Waals surface area contributed by atoms with Crippen molar-refractivity contribution in [1.29, 1.82) is 0 Å². The molecule has 0 aliphatic heterocycles. The lowest BCUT2D eigenvalue weighted by Gasteiger charge is -2.19. The summed E-state index contributed by atoms with van der Waals surface area (Å²) in [5.74, 6) is -0.0931. The molecule has 0 bridgehead atoms. The lowest BCUT2D eigenvalue weighted by molar-refractivity contribution is -0.146. The van der Waals surface area contributed by atoms with Crippen LogP contribution in [0.5, 0.6) is 0 Å². The summed E-state index contributed by atoms with van der Waals surface area (Å²) in [5, 5.41) is 15.3. The summed E-state index contributed by atoms with van der Waals surface area (Å²) in [6.07, 6.45) is 2.24. The van der Waals surface area contributed by atoms with Crippen molar-refractivity contribution in [2.75, 3.05) is 6.54 Å². The number of nitrogens with zero attached hydrogens (tertiary/aromatic N) is 2. The van der Waals surface area contributed by atoms with Crippen molar-refractivity contribution in [2.24, 2.45) is 5.41 Å². The van der Waals surface area contributed by atoms with E-state index in [9.17, 15) is 9.59 Å². The van der Waals surface area contributed by atoms with Crippen molar-refractivity contribution in [3.05, 3.63) is 11.7 Å². The minimum absolute atomic E-state index is 0.0894. The van der Waals surface area contributed by atoms with Gasteiger partial charge in [-0.3, -0.25) is 9.59 Å². The maximum Gasteiger partial charge on any atom is 0.310 e. The van der Waals surface area contributed by atoms with Crippen LogP contribution in [0.3, 0.4) is 0 Å². The number of carboxylic acids is 1. The Labute approximate surface area is 117 Å². The fourth-order valence-corrected chi connectivity index (χ4v) is 1.42. The summed E-state index contributed by atoms with van der Waals surface area (Å²) in [6.45, 7) is 5.23. The van der Waals surface area contributed by atoms with Gasteiger partial charge in [0.2, 0.25) is 11.8 Å². The van der Waals surface area contributed by atoms with Crippen LogP contribution in [0.15, 0.2) is 4.52 Å². The van der Waals surface area contributed by atoms with Crippen molar-refractivity contribution >= 4 is 11.9 Å². The minimum atomic E-state index is -0.978. The molecule has 1 amide bonds. The highest BCUT2D eigenvalue weighted by Gasteiger charge is 2.27. The second kappa shape index (κ2) is 7.02. The van der Waals surface area contributed by atoms with Gasteiger partial charge in [0.1, 0.15) is 0 Å². The Balaban J connectivity index is 2.34. The molecule has 7 heteroatoms. The molecule has 20 heavy (non-hydrogen) atoms. The van der Waals surface area contributed by atoms with Gasteiger partial charge in [0.15, 0.2) is 5.82 Å². The van der Waals surface area contributed by atoms with Crippen LogP contribution < -0.4 is 5.32 Å². The normalized spacial score (nSPS) is 11.3. The Morgan fingerprint density at radius 3 is 2.65 bits per heavy atom. The fourth-order valence-electron chi connectivity index (χ4n) is 1.42. The van der Waals surface area contributed by atoms with Gasteiger partial charge >= 0.3 is 5.97 Å². The number of hydrogen-bond acceptors (Lipinski definition) is 5. The molecule has 0 radical (unpaired) electrons. The van der Waals surface area contributed by atoms with Crippen LogP contribution >= 0.6 is 0 Å². The van der Waals surface area contributed by atoms with Crippen LogP contribution in [-0.2, 0) is 22.4 Å². The smallest absolute Gasteiger partial charge is 0.310 e. The first-order valence-corrected chi connectivity index (χ1v) is 6.66. The van der Waals surface area contributed by atoms with Gasteiger partial charge in [0, 0.05) is 25.8 Å². The van der Waals surface area contributed by atoms with Crippen LogP contribution in [0.25, 0.3) is 0 Å². The lowest BCUT2D eigenvalue weighted by Crippen LogP contribution is -2.38. The van der Waals surface area contributed by atoms with Gasteiger partial charge in [0.05, 0.1) is 5.41 Å². The van der Waals surface area contributed by atoms with Gasteiger partial charge in [0.25, 0.3) is 0 Å². The molecule has 0 aliphatic rings. The molecule has 1 aromatic heterocycles. The zero-order chi connectivity index (χ0) is 15.2. The average Bonchev–Trinajstić information content (AvgIpc) is 2.82. The molecule has 1 aromatic rings. The maximum atomic E-state index is 11.6. The van der Waals surface area contributed by atoms with Crippen molar-refractivity contribution in [3.8, 4) is 0 Å². The molecule has 2 N–H and O–H groups in total. The summed E-state index contributed by atoms with van der Waals surface area (Å²) in [5.41, 5.74) is -0.978. The number of carbonyl (C=O) groups is 2. The third-order valence-corrected chi connectivity index (χ3v) is 2.86. The monoisotopic (exact) mass is 283 g/mol. The first-order chi connectivity index (χ1) is 9.35. The second-order valence-electron chi connectivity index (χ2n) is 5.32. The molecule has 0 atom stereocenters. The molecule has 0 fully saturated rings. The van der Waals surface area contributed by atoms with E-state index in [4.69, 9.17) is 9.63 Å². The van der Waals surface area contributed by atoms with Crippen molar-refractivity contribution < 1.29 is 19.2 Å². The van der Waals surface area contributed by atoms with E-state index in [1.165, 1.54) is 0 Å². The molecule has 112 valence electrons. The summed E-state index contributed by atoms with van der Waals surface area (Å²) in [7, 11) is 0. The molecule has 0 spiro atoms.